The number of rotatable bonds is 5. The molecular formula is C19H19FN5O+. The molecule has 7 heteroatoms. The highest BCUT2D eigenvalue weighted by Gasteiger charge is 2.12. The van der Waals surface area contributed by atoms with Crippen molar-refractivity contribution in [2.24, 2.45) is 24.3 Å². The van der Waals surface area contributed by atoms with Gasteiger partial charge in [0, 0.05) is 10.8 Å². The molecule has 0 aliphatic heterocycles. The number of carbonyl (C=O) groups excluding carboxylic acids is 1. The van der Waals surface area contributed by atoms with Gasteiger partial charge in [-0.25, -0.2) is 13.5 Å². The lowest BCUT2D eigenvalue weighted by atomic mass is 10.1. The van der Waals surface area contributed by atoms with Gasteiger partial charge in [-0.15, -0.1) is 0 Å². The third kappa shape index (κ3) is 4.18. The molecule has 0 saturated heterocycles. The van der Waals surface area contributed by atoms with Crippen molar-refractivity contribution < 1.29 is 13.8 Å². The van der Waals surface area contributed by atoms with E-state index in [0.29, 0.717) is 11.6 Å². The van der Waals surface area contributed by atoms with Crippen molar-refractivity contribution >= 4 is 23.2 Å². The monoisotopic (exact) mass is 352 g/mol. The molecule has 0 bridgehead atoms. The standard InChI is InChI=1S/C19H18FN5O/c1-24-10-11-25(2)19(24)23-22-17-13-15(8-9-16(17)20)21-18(26)12-14-6-4-3-5-7-14/h3-11,13H,12H2,1-2H3/p+1. The number of imidazole rings is 1. The number of aromatic nitrogens is 2. The molecule has 2 aromatic carbocycles. The van der Waals surface area contributed by atoms with Crippen LogP contribution in [0.4, 0.5) is 21.7 Å². The average molecular weight is 352 g/mol. The molecular weight excluding hydrogens is 333 g/mol. The largest absolute Gasteiger partial charge is 0.421 e. The molecule has 3 rings (SSSR count). The van der Waals surface area contributed by atoms with Gasteiger partial charge in [0.1, 0.15) is 5.69 Å². The molecule has 0 aliphatic carbocycles. The summed E-state index contributed by atoms with van der Waals surface area (Å²) in [5.41, 5.74) is 1.43. The van der Waals surface area contributed by atoms with E-state index in [-0.39, 0.29) is 18.0 Å². The van der Waals surface area contributed by atoms with Crippen molar-refractivity contribution in [3.8, 4) is 0 Å². The van der Waals surface area contributed by atoms with Crippen LogP contribution >= 0.6 is 0 Å². The van der Waals surface area contributed by atoms with Crippen LogP contribution in [-0.4, -0.2) is 10.5 Å². The fourth-order valence-corrected chi connectivity index (χ4v) is 2.48. The Labute approximate surface area is 150 Å². The molecule has 0 atom stereocenters. The quantitative estimate of drug-likeness (QED) is 0.554. The molecule has 132 valence electrons. The van der Waals surface area contributed by atoms with Crippen LogP contribution in [0.15, 0.2) is 71.2 Å². The first kappa shape index (κ1) is 17.5. The van der Waals surface area contributed by atoms with Gasteiger partial charge in [0.05, 0.1) is 32.9 Å². The third-order valence-electron chi connectivity index (χ3n) is 3.83. The number of amides is 1. The molecule has 0 spiro atoms. The van der Waals surface area contributed by atoms with Gasteiger partial charge in [-0.2, -0.15) is 0 Å². The first-order chi connectivity index (χ1) is 12.5. The van der Waals surface area contributed by atoms with Crippen molar-refractivity contribution in [2.45, 2.75) is 6.42 Å². The van der Waals surface area contributed by atoms with Crippen molar-refractivity contribution in [3.05, 3.63) is 72.3 Å². The van der Waals surface area contributed by atoms with E-state index < -0.39 is 5.82 Å². The normalized spacial score (nSPS) is 11.0. The lowest BCUT2D eigenvalue weighted by Crippen LogP contribution is -2.25. The number of aryl methyl sites for hydroxylation is 2. The first-order valence-electron chi connectivity index (χ1n) is 8.09. The summed E-state index contributed by atoms with van der Waals surface area (Å²) in [5.74, 6) is -0.117. The molecule has 0 aliphatic rings. The average Bonchev–Trinajstić information content (AvgIpc) is 2.94. The number of benzene rings is 2. The fourth-order valence-electron chi connectivity index (χ4n) is 2.48. The summed E-state index contributed by atoms with van der Waals surface area (Å²) < 4.78 is 17.5. The Morgan fingerprint density at radius 2 is 1.96 bits per heavy atom. The van der Waals surface area contributed by atoms with E-state index in [1.54, 1.807) is 9.13 Å². The van der Waals surface area contributed by atoms with Crippen molar-refractivity contribution in [3.63, 3.8) is 0 Å². The zero-order valence-corrected chi connectivity index (χ0v) is 14.6. The summed E-state index contributed by atoms with van der Waals surface area (Å²) in [6.07, 6.45) is 3.89. The minimum absolute atomic E-state index is 0.0590. The van der Waals surface area contributed by atoms with Crippen LogP contribution in [0.1, 0.15) is 5.56 Å². The second-order valence-electron chi connectivity index (χ2n) is 5.90. The summed E-state index contributed by atoms with van der Waals surface area (Å²) >= 11 is 0. The Kier molecular flexibility index (Phi) is 5.17. The van der Waals surface area contributed by atoms with Gasteiger partial charge < -0.3 is 5.32 Å². The van der Waals surface area contributed by atoms with E-state index in [1.165, 1.54) is 18.2 Å². The maximum atomic E-state index is 14.0. The molecule has 1 amide bonds. The SMILES string of the molecule is Cn1cc[n+](C)c1N=Nc1cc(NC(=O)Cc2ccccc2)ccc1F. The van der Waals surface area contributed by atoms with Gasteiger partial charge in [0.15, 0.2) is 5.82 Å². The molecule has 0 unspecified atom stereocenters. The number of carbonyl (C=O) groups is 1. The van der Waals surface area contributed by atoms with Gasteiger partial charge in [-0.05, 0) is 23.8 Å². The van der Waals surface area contributed by atoms with Crippen molar-refractivity contribution in [1.29, 1.82) is 0 Å². The number of halogens is 1. The minimum atomic E-state index is -0.508. The summed E-state index contributed by atoms with van der Waals surface area (Å²) in [6, 6.07) is 13.6. The van der Waals surface area contributed by atoms with Crippen LogP contribution in [0, 0.1) is 5.82 Å². The smallest absolute Gasteiger partial charge is 0.326 e. The van der Waals surface area contributed by atoms with Crippen LogP contribution in [0.2, 0.25) is 0 Å². The fraction of sp³-hybridized carbons (Fsp3) is 0.158. The summed E-state index contributed by atoms with van der Waals surface area (Å²) in [6.45, 7) is 0. The van der Waals surface area contributed by atoms with Gasteiger partial charge >= 0.3 is 5.95 Å². The molecule has 1 aromatic heterocycles. The minimum Gasteiger partial charge on any atom is -0.326 e. The predicted molar refractivity (Wildman–Crippen MR) is 95.9 cm³/mol. The highest BCUT2D eigenvalue weighted by atomic mass is 19.1. The second-order valence-corrected chi connectivity index (χ2v) is 5.90. The Morgan fingerprint density at radius 3 is 2.65 bits per heavy atom. The summed E-state index contributed by atoms with van der Waals surface area (Å²) in [5, 5.41) is 10.8. The van der Waals surface area contributed by atoms with Gasteiger partial charge in [0.2, 0.25) is 5.91 Å². The first-order valence-corrected chi connectivity index (χ1v) is 8.09. The second kappa shape index (κ2) is 7.69. The number of hydrogen-bond acceptors (Lipinski definition) is 3. The maximum Gasteiger partial charge on any atom is 0.421 e. The lowest BCUT2D eigenvalue weighted by Gasteiger charge is -2.06. The molecule has 0 saturated carbocycles. The topological polar surface area (TPSA) is 62.6 Å². The van der Waals surface area contributed by atoms with E-state index in [1.807, 2.05) is 56.8 Å². The van der Waals surface area contributed by atoms with E-state index in [4.69, 9.17) is 0 Å². The molecule has 3 aromatic rings. The highest BCUT2D eigenvalue weighted by Crippen LogP contribution is 2.24. The zero-order valence-electron chi connectivity index (χ0n) is 14.6. The van der Waals surface area contributed by atoms with E-state index in [0.717, 1.165) is 5.56 Å². The van der Waals surface area contributed by atoms with Crippen LogP contribution in [0.3, 0.4) is 0 Å². The van der Waals surface area contributed by atoms with Gasteiger partial charge in [0.25, 0.3) is 0 Å². The summed E-state index contributed by atoms with van der Waals surface area (Å²) in [7, 11) is 3.65. The lowest BCUT2D eigenvalue weighted by molar-refractivity contribution is -0.657. The third-order valence-corrected chi connectivity index (χ3v) is 3.83. The number of nitrogens with one attached hydrogen (secondary N) is 1. The van der Waals surface area contributed by atoms with Crippen LogP contribution in [-0.2, 0) is 25.3 Å². The Bertz CT molecular complexity index is 930. The maximum absolute atomic E-state index is 14.0. The van der Waals surface area contributed by atoms with E-state index in [2.05, 4.69) is 15.5 Å². The van der Waals surface area contributed by atoms with Crippen LogP contribution in [0.25, 0.3) is 0 Å². The Balaban J connectivity index is 1.74. The molecule has 6 nitrogen and oxygen atoms in total. The zero-order chi connectivity index (χ0) is 18.5. The van der Waals surface area contributed by atoms with Gasteiger partial charge in [-0.1, -0.05) is 35.4 Å². The van der Waals surface area contributed by atoms with Crippen molar-refractivity contribution in [2.75, 3.05) is 5.32 Å². The van der Waals surface area contributed by atoms with Crippen LogP contribution in [0.5, 0.6) is 0 Å². The molecule has 0 fully saturated rings. The molecule has 26 heavy (non-hydrogen) atoms. The molecule has 1 heterocycles. The Morgan fingerprint density at radius 1 is 1.19 bits per heavy atom. The number of azo groups is 1. The number of hydrogen-bond donors (Lipinski definition) is 1. The molecule has 0 radical (unpaired) electrons. The van der Waals surface area contributed by atoms with Crippen molar-refractivity contribution in [1.82, 2.24) is 4.57 Å². The van der Waals surface area contributed by atoms with E-state index in [9.17, 15) is 9.18 Å². The Hall–Kier alpha value is -3.35. The molecule has 1 N–H and O–H groups in total. The predicted octanol–water partition coefficient (Wildman–Crippen LogP) is 3.59. The van der Waals surface area contributed by atoms with E-state index >= 15 is 0 Å². The number of nitrogens with zero attached hydrogens (tertiary/aromatic N) is 4. The van der Waals surface area contributed by atoms with Gasteiger partial charge in [-0.3, -0.25) is 4.79 Å². The number of anilines is 1. The van der Waals surface area contributed by atoms with Crippen LogP contribution < -0.4 is 9.88 Å². The summed E-state index contributed by atoms with van der Waals surface area (Å²) in [4.78, 5) is 12.1. The highest BCUT2D eigenvalue weighted by molar-refractivity contribution is 5.92.